The number of ether oxygens (including phenoxy) is 2. The van der Waals surface area contributed by atoms with Crippen LogP contribution in [0.3, 0.4) is 0 Å². The van der Waals surface area contributed by atoms with E-state index in [0.717, 1.165) is 27.3 Å². The Kier molecular flexibility index (Phi) is 7.62. The number of hydrogen-bond acceptors (Lipinski definition) is 5. The van der Waals surface area contributed by atoms with Crippen LogP contribution in [0.25, 0.3) is 17.3 Å². The van der Waals surface area contributed by atoms with Crippen LogP contribution in [-0.2, 0) is 11.4 Å². The van der Waals surface area contributed by atoms with Crippen LogP contribution in [0.15, 0.2) is 78.9 Å². The van der Waals surface area contributed by atoms with Crippen LogP contribution in [0.1, 0.15) is 16.0 Å². The van der Waals surface area contributed by atoms with E-state index in [4.69, 9.17) is 21.1 Å². The third-order valence-corrected chi connectivity index (χ3v) is 6.13. The van der Waals surface area contributed by atoms with Gasteiger partial charge in [-0.2, -0.15) is 0 Å². The highest BCUT2D eigenvalue weighted by atomic mass is 35.5. The zero-order valence-electron chi connectivity index (χ0n) is 18.7. The molecule has 4 rings (SSSR count). The minimum Gasteiger partial charge on any atom is -0.493 e. The summed E-state index contributed by atoms with van der Waals surface area (Å²) in [6.07, 6.45) is 3.20. The van der Waals surface area contributed by atoms with Crippen LogP contribution in [0.2, 0.25) is 5.02 Å². The van der Waals surface area contributed by atoms with Gasteiger partial charge in [0.1, 0.15) is 6.61 Å². The highest BCUT2D eigenvalue weighted by Gasteiger charge is 2.11. The smallest absolute Gasteiger partial charge is 0.250 e. The summed E-state index contributed by atoms with van der Waals surface area (Å²) in [6.45, 7) is 2.39. The first-order valence-corrected chi connectivity index (χ1v) is 11.8. The molecule has 0 fully saturated rings. The lowest BCUT2D eigenvalue weighted by molar-refractivity contribution is -0.111. The Bertz CT molecular complexity index is 1300. The standard InChI is InChI=1S/C27H23ClN2O3S/c1-18-26(21-6-4-3-5-7-21)30-27(34-18)29-25(31)15-11-19-10-14-23(24(16-19)32-2)33-17-20-8-12-22(28)13-9-20/h3-16H,17H2,1-2H3,(H,29,30,31). The lowest BCUT2D eigenvalue weighted by Gasteiger charge is -2.11. The van der Waals surface area contributed by atoms with E-state index >= 15 is 0 Å². The molecule has 0 radical (unpaired) electrons. The molecule has 0 saturated heterocycles. The summed E-state index contributed by atoms with van der Waals surface area (Å²) in [5.41, 5.74) is 3.72. The fourth-order valence-corrected chi connectivity index (χ4v) is 4.25. The molecule has 1 N–H and O–H groups in total. The first-order valence-electron chi connectivity index (χ1n) is 10.6. The Balaban J connectivity index is 1.39. The fourth-order valence-electron chi connectivity index (χ4n) is 3.28. The van der Waals surface area contributed by atoms with Gasteiger partial charge in [-0.15, -0.1) is 11.3 Å². The SMILES string of the molecule is COc1cc(C=CC(=O)Nc2nc(-c3ccccc3)c(C)s2)ccc1OCc1ccc(Cl)cc1. The number of nitrogens with zero attached hydrogens (tertiary/aromatic N) is 1. The molecule has 5 nitrogen and oxygen atoms in total. The molecule has 0 atom stereocenters. The predicted molar refractivity (Wildman–Crippen MR) is 139 cm³/mol. The number of halogens is 1. The molecule has 0 spiro atoms. The molecule has 1 aromatic heterocycles. The van der Waals surface area contributed by atoms with Crippen molar-refractivity contribution >= 4 is 40.1 Å². The summed E-state index contributed by atoms with van der Waals surface area (Å²) in [7, 11) is 1.58. The third-order valence-electron chi connectivity index (χ3n) is 5.00. The quantitative estimate of drug-likeness (QED) is 0.270. The van der Waals surface area contributed by atoms with E-state index in [-0.39, 0.29) is 5.91 Å². The lowest BCUT2D eigenvalue weighted by Crippen LogP contribution is -2.07. The van der Waals surface area contributed by atoms with Crippen LogP contribution in [0, 0.1) is 6.92 Å². The number of benzene rings is 3. The summed E-state index contributed by atoms with van der Waals surface area (Å²) in [5, 5.41) is 4.09. The Labute approximate surface area is 207 Å². The molecule has 0 unspecified atom stereocenters. The first kappa shape index (κ1) is 23.5. The van der Waals surface area contributed by atoms with E-state index in [9.17, 15) is 4.79 Å². The highest BCUT2D eigenvalue weighted by molar-refractivity contribution is 7.16. The topological polar surface area (TPSA) is 60.5 Å². The maximum Gasteiger partial charge on any atom is 0.250 e. The maximum atomic E-state index is 12.5. The molecule has 3 aromatic carbocycles. The van der Waals surface area contributed by atoms with Gasteiger partial charge in [0.25, 0.3) is 0 Å². The Morgan fingerprint density at radius 3 is 2.56 bits per heavy atom. The summed E-state index contributed by atoms with van der Waals surface area (Å²) in [4.78, 5) is 18.1. The van der Waals surface area contributed by atoms with E-state index in [2.05, 4.69) is 10.3 Å². The van der Waals surface area contributed by atoms with E-state index in [1.807, 2.05) is 79.7 Å². The van der Waals surface area contributed by atoms with Crippen LogP contribution in [0.5, 0.6) is 11.5 Å². The van der Waals surface area contributed by atoms with Crippen molar-refractivity contribution in [1.82, 2.24) is 4.98 Å². The average Bonchev–Trinajstić information content (AvgIpc) is 3.22. The summed E-state index contributed by atoms with van der Waals surface area (Å²) >= 11 is 7.38. The van der Waals surface area contributed by atoms with Gasteiger partial charge in [-0.25, -0.2) is 4.98 Å². The van der Waals surface area contributed by atoms with Crippen LogP contribution in [-0.4, -0.2) is 18.0 Å². The van der Waals surface area contributed by atoms with Crippen LogP contribution < -0.4 is 14.8 Å². The molecule has 1 heterocycles. The normalized spacial score (nSPS) is 10.9. The molecule has 4 aromatic rings. The van der Waals surface area contributed by atoms with Crippen LogP contribution in [0.4, 0.5) is 5.13 Å². The number of anilines is 1. The van der Waals surface area contributed by atoms with Crippen molar-refractivity contribution in [2.75, 3.05) is 12.4 Å². The van der Waals surface area contributed by atoms with E-state index < -0.39 is 0 Å². The number of thiazole rings is 1. The summed E-state index contributed by atoms with van der Waals surface area (Å²) in [6, 6.07) is 22.9. The number of nitrogens with one attached hydrogen (secondary N) is 1. The highest BCUT2D eigenvalue weighted by Crippen LogP contribution is 2.31. The molecule has 172 valence electrons. The van der Waals surface area contributed by atoms with Crippen molar-refractivity contribution < 1.29 is 14.3 Å². The lowest BCUT2D eigenvalue weighted by atomic mass is 10.1. The van der Waals surface area contributed by atoms with E-state index in [0.29, 0.717) is 28.3 Å². The minimum atomic E-state index is -0.254. The molecule has 0 aliphatic heterocycles. The van der Waals surface area contributed by atoms with Gasteiger partial charge in [0.2, 0.25) is 5.91 Å². The van der Waals surface area contributed by atoms with Crippen molar-refractivity contribution in [2.45, 2.75) is 13.5 Å². The van der Waals surface area contributed by atoms with Gasteiger partial charge in [-0.05, 0) is 48.4 Å². The fraction of sp³-hybridized carbons (Fsp3) is 0.111. The van der Waals surface area contributed by atoms with Gasteiger partial charge < -0.3 is 9.47 Å². The predicted octanol–water partition coefficient (Wildman–Crippen LogP) is 7.01. The summed E-state index contributed by atoms with van der Waals surface area (Å²) < 4.78 is 11.4. The number of carbonyl (C=O) groups excluding carboxylic acids is 1. The second kappa shape index (κ2) is 11.0. The molecular weight excluding hydrogens is 468 g/mol. The molecule has 34 heavy (non-hydrogen) atoms. The monoisotopic (exact) mass is 490 g/mol. The van der Waals surface area contributed by atoms with Crippen molar-refractivity contribution in [3.05, 3.63) is 99.9 Å². The van der Waals surface area contributed by atoms with Crippen molar-refractivity contribution in [2.24, 2.45) is 0 Å². The van der Waals surface area contributed by atoms with E-state index in [1.54, 1.807) is 13.2 Å². The number of carbonyl (C=O) groups is 1. The Hall–Kier alpha value is -3.61. The van der Waals surface area contributed by atoms with Gasteiger partial charge in [0.15, 0.2) is 16.6 Å². The Morgan fingerprint density at radius 1 is 1.06 bits per heavy atom. The zero-order valence-corrected chi connectivity index (χ0v) is 20.3. The number of rotatable bonds is 8. The number of methoxy groups -OCH3 is 1. The summed E-state index contributed by atoms with van der Waals surface area (Å²) in [5.74, 6) is 0.945. The largest absolute Gasteiger partial charge is 0.493 e. The van der Waals surface area contributed by atoms with Gasteiger partial charge in [-0.1, -0.05) is 60.1 Å². The van der Waals surface area contributed by atoms with Gasteiger partial charge in [0, 0.05) is 21.5 Å². The van der Waals surface area contributed by atoms with Crippen molar-refractivity contribution in [3.63, 3.8) is 0 Å². The minimum absolute atomic E-state index is 0.254. The van der Waals surface area contributed by atoms with Crippen molar-refractivity contribution in [3.8, 4) is 22.8 Å². The van der Waals surface area contributed by atoms with Gasteiger partial charge >= 0.3 is 0 Å². The van der Waals surface area contributed by atoms with Crippen molar-refractivity contribution in [1.29, 1.82) is 0 Å². The molecule has 0 aliphatic rings. The maximum absolute atomic E-state index is 12.5. The molecule has 0 bridgehead atoms. The molecule has 0 saturated carbocycles. The van der Waals surface area contributed by atoms with Gasteiger partial charge in [0.05, 0.1) is 12.8 Å². The van der Waals surface area contributed by atoms with E-state index in [1.165, 1.54) is 17.4 Å². The zero-order chi connectivity index (χ0) is 23.9. The number of amides is 1. The number of aromatic nitrogens is 1. The molecular formula is C27H23ClN2O3S. The third kappa shape index (κ3) is 6.04. The second-order valence-electron chi connectivity index (χ2n) is 7.44. The number of aryl methyl sites for hydroxylation is 1. The molecule has 0 aliphatic carbocycles. The average molecular weight is 491 g/mol. The molecule has 7 heteroatoms. The second-order valence-corrected chi connectivity index (χ2v) is 9.08. The Morgan fingerprint density at radius 2 is 1.82 bits per heavy atom. The first-order chi connectivity index (χ1) is 16.5. The van der Waals surface area contributed by atoms with Gasteiger partial charge in [-0.3, -0.25) is 10.1 Å². The van der Waals surface area contributed by atoms with Crippen LogP contribution >= 0.6 is 22.9 Å². The number of hydrogen-bond donors (Lipinski definition) is 1. The molecule has 1 amide bonds.